The Hall–Kier alpha value is -2.96. The molecule has 3 rings (SSSR count). The molecule has 3 aromatic rings. The van der Waals surface area contributed by atoms with Crippen molar-refractivity contribution in [3.05, 3.63) is 47.0 Å². The molecule has 0 aliphatic carbocycles. The maximum atomic E-state index is 12.1. The van der Waals surface area contributed by atoms with Gasteiger partial charge in [-0.2, -0.15) is 5.10 Å². The number of nitrogens with one attached hydrogen (secondary N) is 1. The van der Waals surface area contributed by atoms with Crippen molar-refractivity contribution in [3.8, 4) is 11.6 Å². The van der Waals surface area contributed by atoms with E-state index >= 15 is 0 Å². The van der Waals surface area contributed by atoms with E-state index in [4.69, 9.17) is 4.42 Å². The van der Waals surface area contributed by atoms with Gasteiger partial charge in [0.2, 0.25) is 11.8 Å². The second-order valence-electron chi connectivity index (χ2n) is 6.14. The van der Waals surface area contributed by atoms with E-state index in [-0.39, 0.29) is 12.3 Å². The third-order valence-corrected chi connectivity index (χ3v) is 4.04. The lowest BCUT2D eigenvalue weighted by Crippen LogP contribution is -2.12. The first kappa shape index (κ1) is 16.9. The van der Waals surface area contributed by atoms with Gasteiger partial charge in [0.05, 0.1) is 5.69 Å². The van der Waals surface area contributed by atoms with Gasteiger partial charge in [-0.05, 0) is 50.1 Å². The molecule has 130 valence electrons. The molecular weight excluding hydrogens is 318 g/mol. The molecule has 0 radical (unpaired) electrons. The first-order valence-corrected chi connectivity index (χ1v) is 8.13. The van der Waals surface area contributed by atoms with Crippen molar-refractivity contribution in [2.45, 2.75) is 33.6 Å². The minimum absolute atomic E-state index is 0.0839. The van der Waals surface area contributed by atoms with Crippen LogP contribution >= 0.6 is 0 Å². The molecule has 0 fully saturated rings. The van der Waals surface area contributed by atoms with Crippen LogP contribution < -0.4 is 5.32 Å². The first-order valence-electron chi connectivity index (χ1n) is 8.13. The van der Waals surface area contributed by atoms with Gasteiger partial charge in [0.1, 0.15) is 5.69 Å². The van der Waals surface area contributed by atoms with Crippen molar-refractivity contribution in [1.82, 2.24) is 20.0 Å². The molecule has 0 saturated heterocycles. The third-order valence-electron chi connectivity index (χ3n) is 4.04. The van der Waals surface area contributed by atoms with Crippen molar-refractivity contribution >= 4 is 11.6 Å². The summed E-state index contributed by atoms with van der Waals surface area (Å²) in [4.78, 5) is 12.1. The summed E-state index contributed by atoms with van der Waals surface area (Å²) in [6.45, 7) is 5.96. The lowest BCUT2D eigenvalue weighted by atomic mass is 10.1. The molecule has 0 aliphatic heterocycles. The van der Waals surface area contributed by atoms with Crippen LogP contribution in [0.1, 0.15) is 29.1 Å². The number of amides is 1. The Morgan fingerprint density at radius 2 is 1.96 bits per heavy atom. The minimum Gasteiger partial charge on any atom is -0.419 e. The summed E-state index contributed by atoms with van der Waals surface area (Å²) >= 11 is 0. The van der Waals surface area contributed by atoms with E-state index in [1.54, 1.807) is 4.68 Å². The Morgan fingerprint density at radius 1 is 1.16 bits per heavy atom. The minimum atomic E-state index is -0.0839. The maximum absolute atomic E-state index is 12.1. The maximum Gasteiger partial charge on any atom is 0.265 e. The van der Waals surface area contributed by atoms with Crippen LogP contribution in [0, 0.1) is 20.8 Å². The van der Waals surface area contributed by atoms with Crippen molar-refractivity contribution in [1.29, 1.82) is 0 Å². The summed E-state index contributed by atoms with van der Waals surface area (Å²) in [5.41, 5.74) is 4.78. The van der Waals surface area contributed by atoms with E-state index in [9.17, 15) is 4.79 Å². The van der Waals surface area contributed by atoms with Crippen LogP contribution in [0.25, 0.3) is 11.6 Å². The number of benzene rings is 1. The van der Waals surface area contributed by atoms with Crippen molar-refractivity contribution in [2.24, 2.45) is 7.05 Å². The van der Waals surface area contributed by atoms with Crippen LogP contribution in [-0.4, -0.2) is 25.9 Å². The molecule has 1 aromatic carbocycles. The molecule has 7 heteroatoms. The highest BCUT2D eigenvalue weighted by molar-refractivity contribution is 5.90. The number of carbonyl (C=O) groups is 1. The van der Waals surface area contributed by atoms with Gasteiger partial charge < -0.3 is 9.73 Å². The number of aryl methyl sites for hydroxylation is 5. The van der Waals surface area contributed by atoms with Gasteiger partial charge in [-0.15, -0.1) is 10.2 Å². The Bertz CT molecular complexity index is 910. The molecule has 0 aliphatic rings. The number of rotatable bonds is 5. The monoisotopic (exact) mass is 339 g/mol. The zero-order chi connectivity index (χ0) is 18.0. The Kier molecular flexibility index (Phi) is 4.65. The fourth-order valence-electron chi connectivity index (χ4n) is 2.53. The molecule has 0 bridgehead atoms. The molecular formula is C18H21N5O2. The Labute approximate surface area is 146 Å². The number of aromatic nitrogens is 4. The summed E-state index contributed by atoms with van der Waals surface area (Å²) < 4.78 is 7.33. The average Bonchev–Trinajstić information content (AvgIpc) is 3.15. The highest BCUT2D eigenvalue weighted by Gasteiger charge is 2.14. The van der Waals surface area contributed by atoms with Gasteiger partial charge in [0.25, 0.3) is 5.89 Å². The molecule has 0 unspecified atom stereocenters. The van der Waals surface area contributed by atoms with Crippen LogP contribution in [0.3, 0.4) is 0 Å². The van der Waals surface area contributed by atoms with E-state index in [2.05, 4.69) is 20.6 Å². The van der Waals surface area contributed by atoms with Crippen molar-refractivity contribution < 1.29 is 9.21 Å². The lowest BCUT2D eigenvalue weighted by Gasteiger charge is -2.07. The zero-order valence-corrected chi connectivity index (χ0v) is 14.8. The molecule has 0 atom stereocenters. The lowest BCUT2D eigenvalue weighted by molar-refractivity contribution is -0.116. The molecule has 1 N–H and O–H groups in total. The van der Waals surface area contributed by atoms with Crippen LogP contribution in [0.2, 0.25) is 0 Å². The van der Waals surface area contributed by atoms with Gasteiger partial charge in [-0.1, -0.05) is 6.07 Å². The normalized spacial score (nSPS) is 10.9. The van der Waals surface area contributed by atoms with Crippen LogP contribution in [0.4, 0.5) is 5.69 Å². The van der Waals surface area contributed by atoms with E-state index in [1.807, 2.05) is 52.1 Å². The van der Waals surface area contributed by atoms with Crippen molar-refractivity contribution in [2.75, 3.05) is 5.32 Å². The fourth-order valence-corrected chi connectivity index (χ4v) is 2.53. The number of carbonyl (C=O) groups excluding carboxylic acids is 1. The second kappa shape index (κ2) is 6.88. The summed E-state index contributed by atoms with van der Waals surface area (Å²) in [7, 11) is 1.82. The van der Waals surface area contributed by atoms with Gasteiger partial charge >= 0.3 is 0 Å². The topological polar surface area (TPSA) is 85.8 Å². The molecule has 2 heterocycles. The van der Waals surface area contributed by atoms with Crippen LogP contribution in [-0.2, 0) is 18.3 Å². The van der Waals surface area contributed by atoms with Crippen LogP contribution in [0.5, 0.6) is 0 Å². The van der Waals surface area contributed by atoms with Crippen molar-refractivity contribution in [3.63, 3.8) is 0 Å². The van der Waals surface area contributed by atoms with Gasteiger partial charge in [0.15, 0.2) is 0 Å². The quantitative estimate of drug-likeness (QED) is 0.772. The smallest absolute Gasteiger partial charge is 0.265 e. The Morgan fingerprint density at radius 3 is 2.64 bits per heavy atom. The molecule has 2 aromatic heterocycles. The number of nitrogens with zero attached hydrogens (tertiary/aromatic N) is 4. The van der Waals surface area contributed by atoms with E-state index < -0.39 is 0 Å². The molecule has 7 nitrogen and oxygen atoms in total. The summed E-state index contributed by atoms with van der Waals surface area (Å²) in [5, 5.41) is 15.2. The van der Waals surface area contributed by atoms with Gasteiger partial charge in [-0.3, -0.25) is 9.48 Å². The molecule has 0 spiro atoms. The summed E-state index contributed by atoms with van der Waals surface area (Å²) in [5.74, 6) is 0.760. The Balaban J connectivity index is 1.59. The number of anilines is 1. The molecule has 25 heavy (non-hydrogen) atoms. The first-order chi connectivity index (χ1) is 11.9. The summed E-state index contributed by atoms with van der Waals surface area (Å²) in [6.07, 6.45) is 0.666. The fraction of sp³-hybridized carbons (Fsp3) is 0.333. The standard InChI is InChI=1S/C18H21N5O2/c1-11-5-6-14(9-12(11)2)19-16(24)7-8-17-20-21-18(25-17)15-10-13(3)22-23(15)4/h5-6,9-10H,7-8H2,1-4H3,(H,19,24). The van der Waals surface area contributed by atoms with E-state index in [0.717, 1.165) is 22.6 Å². The zero-order valence-electron chi connectivity index (χ0n) is 14.8. The van der Waals surface area contributed by atoms with Gasteiger partial charge in [0, 0.05) is 25.6 Å². The average molecular weight is 339 g/mol. The number of hydrogen-bond donors (Lipinski definition) is 1. The molecule has 0 saturated carbocycles. The third kappa shape index (κ3) is 3.93. The molecule has 1 amide bonds. The largest absolute Gasteiger partial charge is 0.419 e. The predicted octanol–water partition coefficient (Wildman–Crippen LogP) is 2.97. The SMILES string of the molecule is Cc1cc(-c2nnc(CCC(=O)Nc3ccc(C)c(C)c3)o2)n(C)n1. The predicted molar refractivity (Wildman–Crippen MR) is 94.1 cm³/mol. The van der Waals surface area contributed by atoms with Gasteiger partial charge in [-0.25, -0.2) is 0 Å². The highest BCUT2D eigenvalue weighted by Crippen LogP contribution is 2.19. The summed E-state index contributed by atoms with van der Waals surface area (Å²) in [6, 6.07) is 7.73. The van der Waals surface area contributed by atoms with E-state index in [1.165, 1.54) is 5.56 Å². The second-order valence-corrected chi connectivity index (χ2v) is 6.14. The number of hydrogen-bond acceptors (Lipinski definition) is 5. The van der Waals surface area contributed by atoms with E-state index in [0.29, 0.717) is 18.2 Å². The highest BCUT2D eigenvalue weighted by atomic mass is 16.4. The van der Waals surface area contributed by atoms with Crippen LogP contribution in [0.15, 0.2) is 28.7 Å².